The smallest absolute Gasteiger partial charge is 0.343 e. The molecule has 23 heavy (non-hydrogen) atoms. The zero-order valence-electron chi connectivity index (χ0n) is 12.0. The Balaban J connectivity index is 1.88. The Kier molecular flexibility index (Phi) is 3.71. The van der Waals surface area contributed by atoms with Crippen LogP contribution in [0.2, 0.25) is 0 Å². The molecule has 0 radical (unpaired) electrons. The number of rotatable bonds is 3. The first kappa shape index (κ1) is 14.6. The van der Waals surface area contributed by atoms with E-state index in [0.29, 0.717) is 11.3 Å². The van der Waals surface area contributed by atoms with Gasteiger partial charge in [-0.2, -0.15) is 5.10 Å². The summed E-state index contributed by atoms with van der Waals surface area (Å²) in [7, 11) is 1.26. The highest BCUT2D eigenvalue weighted by atomic mass is 19.1. The van der Waals surface area contributed by atoms with Crippen LogP contribution in [0, 0.1) is 5.82 Å². The van der Waals surface area contributed by atoms with Gasteiger partial charge in [0.05, 0.1) is 37.0 Å². The number of hydrogen-bond donors (Lipinski definition) is 1. The molecule has 0 fully saturated rings. The largest absolute Gasteiger partial charge is 0.465 e. The number of carbonyl (C=O) groups is 2. The van der Waals surface area contributed by atoms with Gasteiger partial charge in [-0.15, -0.1) is 0 Å². The van der Waals surface area contributed by atoms with E-state index >= 15 is 0 Å². The fraction of sp³-hybridized carbons (Fsp3) is 0.0667. The minimum absolute atomic E-state index is 0.0803. The molecule has 0 aliphatic rings. The maximum atomic E-state index is 13.6. The number of esters is 1. The van der Waals surface area contributed by atoms with Crippen molar-refractivity contribution in [3.63, 3.8) is 0 Å². The lowest BCUT2D eigenvalue weighted by Crippen LogP contribution is -2.14. The number of fused-ring (bicyclic) bond motifs is 1. The van der Waals surface area contributed by atoms with Gasteiger partial charge in [-0.1, -0.05) is 12.1 Å². The number of ether oxygens (including phenoxy) is 1. The van der Waals surface area contributed by atoms with Gasteiger partial charge in [-0.3, -0.25) is 4.79 Å². The first-order chi connectivity index (χ1) is 11.1. The van der Waals surface area contributed by atoms with Crippen LogP contribution in [-0.4, -0.2) is 33.6 Å². The number of carbonyl (C=O) groups excluding carboxylic acids is 2. The topological polar surface area (TPSA) is 85.6 Å². The van der Waals surface area contributed by atoms with Gasteiger partial charge in [0.1, 0.15) is 11.4 Å². The number of anilines is 1. The summed E-state index contributed by atoms with van der Waals surface area (Å²) in [5.74, 6) is -1.79. The summed E-state index contributed by atoms with van der Waals surface area (Å²) in [6.45, 7) is 0. The molecule has 0 saturated heterocycles. The highest BCUT2D eigenvalue weighted by Crippen LogP contribution is 2.14. The van der Waals surface area contributed by atoms with Crippen LogP contribution >= 0.6 is 0 Å². The second kappa shape index (κ2) is 5.84. The summed E-state index contributed by atoms with van der Waals surface area (Å²) in [4.78, 5) is 27.7. The summed E-state index contributed by atoms with van der Waals surface area (Å²) in [5.41, 5.74) is 0.730. The fourth-order valence-electron chi connectivity index (χ4n) is 2.04. The normalized spacial score (nSPS) is 10.5. The number of benzene rings is 1. The van der Waals surface area contributed by atoms with Gasteiger partial charge in [0.25, 0.3) is 5.91 Å². The minimum Gasteiger partial charge on any atom is -0.465 e. The Morgan fingerprint density at radius 1 is 1.22 bits per heavy atom. The maximum Gasteiger partial charge on any atom is 0.343 e. The Bertz CT molecular complexity index is 907. The molecule has 2 aromatic heterocycles. The van der Waals surface area contributed by atoms with Gasteiger partial charge in [0, 0.05) is 0 Å². The molecule has 0 spiro atoms. The Labute approximate surface area is 129 Å². The van der Waals surface area contributed by atoms with Crippen LogP contribution in [0.3, 0.4) is 0 Å². The second-order valence-electron chi connectivity index (χ2n) is 4.59. The van der Waals surface area contributed by atoms with Crippen molar-refractivity contribution in [2.24, 2.45) is 0 Å². The summed E-state index contributed by atoms with van der Waals surface area (Å²) < 4.78 is 19.5. The lowest BCUT2D eigenvalue weighted by Gasteiger charge is -2.06. The molecule has 0 unspecified atom stereocenters. The molecule has 8 heteroatoms. The SMILES string of the molecule is COC(=O)c1cnn2cc(NC(=O)c3ccccc3F)cnc12. The summed E-state index contributed by atoms with van der Waals surface area (Å²) >= 11 is 0. The van der Waals surface area contributed by atoms with E-state index < -0.39 is 17.7 Å². The van der Waals surface area contributed by atoms with E-state index in [4.69, 9.17) is 0 Å². The lowest BCUT2D eigenvalue weighted by molar-refractivity contribution is 0.0602. The summed E-state index contributed by atoms with van der Waals surface area (Å²) in [6.07, 6.45) is 4.13. The number of nitrogens with one attached hydrogen (secondary N) is 1. The monoisotopic (exact) mass is 314 g/mol. The zero-order valence-corrected chi connectivity index (χ0v) is 12.0. The average molecular weight is 314 g/mol. The van der Waals surface area contributed by atoms with Crippen LogP contribution in [0.15, 0.2) is 42.9 Å². The molecule has 1 N–H and O–H groups in total. The van der Waals surface area contributed by atoms with Crippen LogP contribution in [0.4, 0.5) is 10.1 Å². The van der Waals surface area contributed by atoms with Gasteiger partial charge in [0.15, 0.2) is 5.65 Å². The molecule has 7 nitrogen and oxygen atoms in total. The third kappa shape index (κ3) is 2.73. The van der Waals surface area contributed by atoms with Crippen molar-refractivity contribution in [2.45, 2.75) is 0 Å². The summed E-state index contributed by atoms with van der Waals surface area (Å²) in [5, 5.41) is 6.50. The lowest BCUT2D eigenvalue weighted by atomic mass is 10.2. The van der Waals surface area contributed by atoms with Crippen LogP contribution in [0.25, 0.3) is 5.65 Å². The molecular weight excluding hydrogens is 303 g/mol. The van der Waals surface area contributed by atoms with Gasteiger partial charge in [0.2, 0.25) is 0 Å². The molecule has 2 heterocycles. The maximum absolute atomic E-state index is 13.6. The van der Waals surface area contributed by atoms with Crippen molar-refractivity contribution in [1.29, 1.82) is 0 Å². The molecule has 0 bridgehead atoms. The molecule has 0 aliphatic heterocycles. The zero-order chi connectivity index (χ0) is 16.4. The number of halogens is 1. The number of hydrogen-bond acceptors (Lipinski definition) is 5. The predicted molar refractivity (Wildman–Crippen MR) is 78.7 cm³/mol. The number of aromatic nitrogens is 3. The van der Waals surface area contributed by atoms with Crippen molar-refractivity contribution in [2.75, 3.05) is 12.4 Å². The molecule has 1 amide bonds. The van der Waals surface area contributed by atoms with E-state index in [1.165, 1.54) is 48.4 Å². The molecule has 0 saturated carbocycles. The number of amides is 1. The Morgan fingerprint density at radius 2 is 2.00 bits per heavy atom. The van der Waals surface area contributed by atoms with Crippen LogP contribution in [-0.2, 0) is 4.74 Å². The van der Waals surface area contributed by atoms with E-state index in [-0.39, 0.29) is 11.1 Å². The first-order valence-corrected chi connectivity index (χ1v) is 6.57. The second-order valence-corrected chi connectivity index (χ2v) is 4.59. The van der Waals surface area contributed by atoms with Crippen molar-refractivity contribution < 1.29 is 18.7 Å². The third-order valence-corrected chi connectivity index (χ3v) is 3.14. The molecule has 0 aliphatic carbocycles. The molecule has 1 aromatic carbocycles. The van der Waals surface area contributed by atoms with Crippen molar-refractivity contribution >= 4 is 23.2 Å². The number of nitrogens with zero attached hydrogens (tertiary/aromatic N) is 3. The van der Waals surface area contributed by atoms with Gasteiger partial charge >= 0.3 is 5.97 Å². The highest BCUT2D eigenvalue weighted by Gasteiger charge is 2.16. The first-order valence-electron chi connectivity index (χ1n) is 6.57. The van der Waals surface area contributed by atoms with Crippen molar-refractivity contribution in [3.05, 3.63) is 59.8 Å². The molecule has 0 atom stereocenters. The number of methoxy groups -OCH3 is 1. The average Bonchev–Trinajstić information content (AvgIpc) is 2.97. The van der Waals surface area contributed by atoms with Gasteiger partial charge < -0.3 is 10.1 Å². The van der Waals surface area contributed by atoms with E-state index in [2.05, 4.69) is 20.1 Å². The standard InChI is InChI=1S/C15H11FN4O3/c1-23-15(22)11-7-18-20-8-9(6-17-13(11)20)19-14(21)10-4-2-3-5-12(10)16/h2-8H,1H3,(H,19,21). The van der Waals surface area contributed by atoms with E-state index in [1.807, 2.05) is 0 Å². The quantitative estimate of drug-likeness (QED) is 0.746. The highest BCUT2D eigenvalue weighted by molar-refractivity contribution is 6.04. The predicted octanol–water partition coefficient (Wildman–Crippen LogP) is 1.91. The Morgan fingerprint density at radius 3 is 2.74 bits per heavy atom. The molecule has 3 rings (SSSR count). The summed E-state index contributed by atoms with van der Waals surface area (Å²) in [6, 6.07) is 5.64. The van der Waals surface area contributed by atoms with E-state index in [9.17, 15) is 14.0 Å². The van der Waals surface area contributed by atoms with Crippen molar-refractivity contribution in [1.82, 2.24) is 14.6 Å². The van der Waals surface area contributed by atoms with Crippen molar-refractivity contribution in [3.8, 4) is 0 Å². The third-order valence-electron chi connectivity index (χ3n) is 3.14. The van der Waals surface area contributed by atoms with Gasteiger partial charge in [-0.05, 0) is 12.1 Å². The van der Waals surface area contributed by atoms with Crippen LogP contribution in [0.1, 0.15) is 20.7 Å². The minimum atomic E-state index is -0.619. The van der Waals surface area contributed by atoms with Gasteiger partial charge in [-0.25, -0.2) is 18.7 Å². The molecular formula is C15H11FN4O3. The molecule has 3 aromatic rings. The van der Waals surface area contributed by atoms with E-state index in [0.717, 1.165) is 0 Å². The van der Waals surface area contributed by atoms with E-state index in [1.54, 1.807) is 6.07 Å². The fourth-order valence-corrected chi connectivity index (χ4v) is 2.04. The molecule has 116 valence electrons. The van der Waals surface area contributed by atoms with Crippen LogP contribution in [0.5, 0.6) is 0 Å². The Hall–Kier alpha value is -3.29. The van der Waals surface area contributed by atoms with Crippen LogP contribution < -0.4 is 5.32 Å².